The zero-order valence-electron chi connectivity index (χ0n) is 16.9. The molecule has 0 bridgehead atoms. The lowest BCUT2D eigenvalue weighted by molar-refractivity contribution is 0.247. The minimum absolute atomic E-state index is 0.0152. The van der Waals surface area contributed by atoms with Gasteiger partial charge in [-0.1, -0.05) is 25.4 Å². The Balaban J connectivity index is 1.77. The van der Waals surface area contributed by atoms with Crippen LogP contribution in [-0.2, 0) is 13.0 Å². The quantitative estimate of drug-likeness (QED) is 0.326. The Kier molecular flexibility index (Phi) is 6.92. The number of nitrogens with zero attached hydrogens (tertiary/aromatic N) is 4. The summed E-state index contributed by atoms with van der Waals surface area (Å²) < 4.78 is 14.9. The van der Waals surface area contributed by atoms with Crippen LogP contribution in [0.5, 0.6) is 0 Å². The highest BCUT2D eigenvalue weighted by molar-refractivity contribution is 6.30. The van der Waals surface area contributed by atoms with Crippen molar-refractivity contribution in [2.24, 2.45) is 22.6 Å². The van der Waals surface area contributed by atoms with Crippen molar-refractivity contribution in [1.82, 2.24) is 9.88 Å². The van der Waals surface area contributed by atoms with Gasteiger partial charge in [0.1, 0.15) is 5.82 Å². The number of amidine groups is 1. The van der Waals surface area contributed by atoms with Gasteiger partial charge in [0.25, 0.3) is 0 Å². The van der Waals surface area contributed by atoms with E-state index in [9.17, 15) is 4.39 Å². The van der Waals surface area contributed by atoms with Gasteiger partial charge in [0.15, 0.2) is 5.84 Å². The molecular weight excluding hydrogens is 391 g/mol. The minimum atomic E-state index is -0.377. The van der Waals surface area contributed by atoms with E-state index >= 15 is 0 Å². The Morgan fingerprint density at radius 3 is 2.55 bits per heavy atom. The number of rotatable bonds is 6. The molecule has 0 saturated carbocycles. The van der Waals surface area contributed by atoms with E-state index < -0.39 is 0 Å². The monoisotopic (exact) mass is 418 g/mol. The Morgan fingerprint density at radius 2 is 1.97 bits per heavy atom. The summed E-state index contributed by atoms with van der Waals surface area (Å²) in [7, 11) is 0. The minimum Gasteiger partial charge on any atom is -0.382 e. The molecule has 1 aromatic heterocycles. The van der Waals surface area contributed by atoms with E-state index in [2.05, 4.69) is 33.7 Å². The average Bonchev–Trinajstić information content (AvgIpc) is 2.69. The van der Waals surface area contributed by atoms with Gasteiger partial charge in [-0.15, -0.1) is 0 Å². The van der Waals surface area contributed by atoms with Crippen LogP contribution in [0.3, 0.4) is 0 Å². The third kappa shape index (κ3) is 5.36. The molecule has 0 radical (unpaired) electrons. The lowest BCUT2D eigenvalue weighted by Crippen LogP contribution is -2.46. The summed E-state index contributed by atoms with van der Waals surface area (Å²) in [5.41, 5.74) is 8.90. The molecule has 0 aliphatic carbocycles. The standard InChI is InChI=1S/C21H28ClFN6/c1-14(2)9-15-10-18(23)20(21(24)27-25)19(11-15)29-7-5-28(6-8-29)13-17-4-3-16(22)12-26-17/h3-4,10-12,14H,5-9,13,25H2,1-2H3,(H2,24,27). The van der Waals surface area contributed by atoms with Crippen LogP contribution in [0.2, 0.25) is 5.02 Å². The van der Waals surface area contributed by atoms with Crippen LogP contribution in [0.1, 0.15) is 30.7 Å². The molecular formula is C21H28ClFN6. The van der Waals surface area contributed by atoms with E-state index in [4.69, 9.17) is 23.2 Å². The van der Waals surface area contributed by atoms with Gasteiger partial charge in [0, 0.05) is 38.9 Å². The second kappa shape index (κ2) is 9.41. The Labute approximate surface area is 176 Å². The van der Waals surface area contributed by atoms with Crippen molar-refractivity contribution < 1.29 is 4.39 Å². The zero-order chi connectivity index (χ0) is 21.0. The molecule has 1 aromatic carbocycles. The molecule has 0 atom stereocenters. The first-order valence-electron chi connectivity index (χ1n) is 9.81. The highest BCUT2D eigenvalue weighted by atomic mass is 35.5. The fourth-order valence-corrected chi connectivity index (χ4v) is 3.79. The number of anilines is 1. The smallest absolute Gasteiger partial charge is 0.155 e. The molecule has 3 rings (SSSR count). The first-order valence-corrected chi connectivity index (χ1v) is 10.2. The maximum absolute atomic E-state index is 14.9. The normalized spacial score (nSPS) is 15.9. The molecule has 2 heterocycles. The van der Waals surface area contributed by atoms with Crippen molar-refractivity contribution in [3.8, 4) is 0 Å². The SMILES string of the molecule is CC(C)Cc1cc(F)c(/C(N)=N/N)c(N2CCN(Cc3ccc(Cl)cn3)CC2)c1. The molecule has 1 saturated heterocycles. The first-order chi connectivity index (χ1) is 13.9. The van der Waals surface area contributed by atoms with Gasteiger partial charge in [-0.2, -0.15) is 5.10 Å². The van der Waals surface area contributed by atoms with E-state index in [1.807, 2.05) is 18.2 Å². The van der Waals surface area contributed by atoms with E-state index in [1.165, 1.54) is 0 Å². The van der Waals surface area contributed by atoms with E-state index in [0.29, 0.717) is 10.9 Å². The van der Waals surface area contributed by atoms with Crippen molar-refractivity contribution in [1.29, 1.82) is 0 Å². The molecule has 2 aromatic rings. The number of pyridine rings is 1. The second-order valence-corrected chi connectivity index (χ2v) is 8.25. The molecule has 1 aliphatic heterocycles. The maximum atomic E-state index is 14.9. The summed E-state index contributed by atoms with van der Waals surface area (Å²) in [5, 5.41) is 4.17. The maximum Gasteiger partial charge on any atom is 0.155 e. The number of benzene rings is 1. The van der Waals surface area contributed by atoms with Crippen LogP contribution in [0.15, 0.2) is 35.6 Å². The lowest BCUT2D eigenvalue weighted by atomic mass is 9.98. The Bertz CT molecular complexity index is 860. The van der Waals surface area contributed by atoms with Gasteiger partial charge in [-0.25, -0.2) is 4.39 Å². The van der Waals surface area contributed by atoms with Crippen LogP contribution < -0.4 is 16.5 Å². The third-order valence-electron chi connectivity index (χ3n) is 5.06. The summed E-state index contributed by atoms with van der Waals surface area (Å²) in [6.45, 7) is 8.16. The van der Waals surface area contributed by atoms with Crippen LogP contribution >= 0.6 is 11.6 Å². The molecule has 6 nitrogen and oxygen atoms in total. The summed E-state index contributed by atoms with van der Waals surface area (Å²) in [6, 6.07) is 7.35. The molecule has 1 fully saturated rings. The highest BCUT2D eigenvalue weighted by Gasteiger charge is 2.24. The number of hydrogen-bond acceptors (Lipinski definition) is 5. The average molecular weight is 419 g/mol. The molecule has 0 unspecified atom stereocenters. The number of piperazine rings is 1. The van der Waals surface area contributed by atoms with E-state index in [1.54, 1.807) is 12.3 Å². The van der Waals surface area contributed by atoms with Crippen molar-refractivity contribution in [3.05, 3.63) is 58.1 Å². The summed E-state index contributed by atoms with van der Waals surface area (Å²) in [6.07, 6.45) is 2.46. The zero-order valence-corrected chi connectivity index (χ0v) is 17.7. The van der Waals surface area contributed by atoms with Crippen LogP contribution in [-0.4, -0.2) is 41.9 Å². The van der Waals surface area contributed by atoms with Gasteiger partial charge in [-0.3, -0.25) is 9.88 Å². The molecule has 0 spiro atoms. The van der Waals surface area contributed by atoms with Gasteiger partial charge >= 0.3 is 0 Å². The first kappa shape index (κ1) is 21.3. The van der Waals surface area contributed by atoms with Crippen LogP contribution in [0.25, 0.3) is 0 Å². The molecule has 4 N–H and O–H groups in total. The number of hydrogen-bond donors (Lipinski definition) is 2. The number of halogens is 2. The van der Waals surface area contributed by atoms with Crippen LogP contribution in [0, 0.1) is 11.7 Å². The van der Waals surface area contributed by atoms with E-state index in [-0.39, 0.29) is 17.2 Å². The predicted molar refractivity (Wildman–Crippen MR) is 117 cm³/mol. The third-order valence-corrected chi connectivity index (χ3v) is 5.28. The topological polar surface area (TPSA) is 83.8 Å². The Hall–Kier alpha value is -2.38. The summed E-state index contributed by atoms with van der Waals surface area (Å²) >= 11 is 5.91. The fraction of sp³-hybridized carbons (Fsp3) is 0.429. The van der Waals surface area contributed by atoms with Gasteiger partial charge in [0.05, 0.1) is 22.0 Å². The molecule has 8 heteroatoms. The van der Waals surface area contributed by atoms with Crippen molar-refractivity contribution in [2.45, 2.75) is 26.8 Å². The van der Waals surface area contributed by atoms with Crippen molar-refractivity contribution in [3.63, 3.8) is 0 Å². The van der Waals surface area contributed by atoms with Crippen LogP contribution in [0.4, 0.5) is 10.1 Å². The van der Waals surface area contributed by atoms with E-state index in [0.717, 1.165) is 56.1 Å². The second-order valence-electron chi connectivity index (χ2n) is 7.82. The molecule has 0 amide bonds. The molecule has 29 heavy (non-hydrogen) atoms. The lowest BCUT2D eigenvalue weighted by Gasteiger charge is -2.37. The Morgan fingerprint density at radius 1 is 1.24 bits per heavy atom. The largest absolute Gasteiger partial charge is 0.382 e. The highest BCUT2D eigenvalue weighted by Crippen LogP contribution is 2.28. The summed E-state index contributed by atoms with van der Waals surface area (Å²) in [4.78, 5) is 8.85. The predicted octanol–water partition coefficient (Wildman–Crippen LogP) is 2.97. The van der Waals surface area contributed by atoms with Gasteiger partial charge in [0.2, 0.25) is 0 Å². The van der Waals surface area contributed by atoms with Crippen molar-refractivity contribution in [2.75, 3.05) is 31.1 Å². The number of nitrogens with two attached hydrogens (primary N) is 2. The molecule has 1 aliphatic rings. The fourth-order valence-electron chi connectivity index (χ4n) is 3.68. The van der Waals surface area contributed by atoms with Crippen molar-refractivity contribution >= 4 is 23.1 Å². The molecule has 156 valence electrons. The van der Waals surface area contributed by atoms with Gasteiger partial charge < -0.3 is 16.5 Å². The number of aromatic nitrogens is 1. The number of hydrazone groups is 1. The summed E-state index contributed by atoms with van der Waals surface area (Å²) in [5.74, 6) is 5.43. The van der Waals surface area contributed by atoms with Gasteiger partial charge in [-0.05, 0) is 42.2 Å².